The molecule has 1 fully saturated rings. The Morgan fingerprint density at radius 3 is 2.96 bits per heavy atom. The molecule has 0 spiro atoms. The van der Waals surface area contributed by atoms with E-state index in [2.05, 4.69) is 9.97 Å². The van der Waals surface area contributed by atoms with Crippen LogP contribution in [-0.4, -0.2) is 47.1 Å². The number of halogens is 1. The van der Waals surface area contributed by atoms with Crippen molar-refractivity contribution >= 4 is 23.3 Å². The van der Waals surface area contributed by atoms with Crippen LogP contribution in [0.3, 0.4) is 0 Å². The lowest BCUT2D eigenvalue weighted by Crippen LogP contribution is -2.44. The van der Waals surface area contributed by atoms with Crippen LogP contribution in [0.15, 0.2) is 36.7 Å². The number of nitrogens with two attached hydrogens (primary N) is 1. The van der Waals surface area contributed by atoms with E-state index in [0.717, 1.165) is 0 Å². The maximum atomic E-state index is 12.4. The van der Waals surface area contributed by atoms with Crippen molar-refractivity contribution in [1.82, 2.24) is 14.9 Å². The van der Waals surface area contributed by atoms with Gasteiger partial charge in [0.05, 0.1) is 18.2 Å². The van der Waals surface area contributed by atoms with Gasteiger partial charge in [0.15, 0.2) is 6.61 Å². The Balaban J connectivity index is 1.61. The lowest BCUT2D eigenvalue weighted by atomic mass is 10.2. The van der Waals surface area contributed by atoms with Crippen molar-refractivity contribution in [3.8, 4) is 5.75 Å². The first-order chi connectivity index (χ1) is 11.6. The number of benzene rings is 1. The number of nitrogen functional groups attached to an aromatic ring is 1. The topological polar surface area (TPSA) is 90.6 Å². The third-order valence-electron chi connectivity index (χ3n) is 3.67. The van der Waals surface area contributed by atoms with Crippen molar-refractivity contribution in [2.45, 2.75) is 6.10 Å². The summed E-state index contributed by atoms with van der Waals surface area (Å²) in [5.41, 5.74) is 6.37. The van der Waals surface area contributed by atoms with Gasteiger partial charge in [-0.2, -0.15) is 0 Å². The Kier molecular flexibility index (Phi) is 5.12. The quantitative estimate of drug-likeness (QED) is 0.904. The molecule has 0 radical (unpaired) electrons. The number of carbonyl (C=O) groups excluding carboxylic acids is 1. The number of morpholine rings is 1. The van der Waals surface area contributed by atoms with Crippen LogP contribution in [0.1, 0.15) is 11.8 Å². The maximum absolute atomic E-state index is 12.4. The van der Waals surface area contributed by atoms with Crippen LogP contribution >= 0.6 is 11.6 Å². The number of rotatable bonds is 4. The molecule has 1 aliphatic heterocycles. The Labute approximate surface area is 144 Å². The molecule has 0 saturated carbocycles. The van der Waals surface area contributed by atoms with Gasteiger partial charge in [-0.25, -0.2) is 4.98 Å². The Morgan fingerprint density at radius 2 is 2.17 bits per heavy atom. The molecule has 126 valence electrons. The zero-order chi connectivity index (χ0) is 16.9. The molecule has 0 unspecified atom stereocenters. The van der Waals surface area contributed by atoms with E-state index in [-0.39, 0.29) is 12.5 Å². The summed E-state index contributed by atoms with van der Waals surface area (Å²) in [5.74, 6) is 0.644. The molecule has 2 N–H and O–H groups in total. The number of hydrogen-bond acceptors (Lipinski definition) is 6. The van der Waals surface area contributed by atoms with Gasteiger partial charge >= 0.3 is 0 Å². The second-order valence-electron chi connectivity index (χ2n) is 5.25. The highest BCUT2D eigenvalue weighted by Crippen LogP contribution is 2.25. The summed E-state index contributed by atoms with van der Waals surface area (Å²) in [6.07, 6.45) is 2.68. The summed E-state index contributed by atoms with van der Waals surface area (Å²) in [6, 6.07) is 7.03. The third-order valence-corrected chi connectivity index (χ3v) is 3.98. The molecule has 24 heavy (non-hydrogen) atoms. The predicted molar refractivity (Wildman–Crippen MR) is 88.7 cm³/mol. The van der Waals surface area contributed by atoms with E-state index < -0.39 is 6.10 Å². The van der Waals surface area contributed by atoms with Crippen LogP contribution < -0.4 is 10.5 Å². The van der Waals surface area contributed by atoms with Gasteiger partial charge in [-0.3, -0.25) is 9.78 Å². The Morgan fingerprint density at radius 1 is 1.38 bits per heavy atom. The number of nitrogens with zero attached hydrogens (tertiary/aromatic N) is 3. The summed E-state index contributed by atoms with van der Waals surface area (Å²) in [6.45, 7) is 1.15. The monoisotopic (exact) mass is 348 g/mol. The van der Waals surface area contributed by atoms with Gasteiger partial charge in [0.2, 0.25) is 0 Å². The molecule has 1 aromatic carbocycles. The second kappa shape index (κ2) is 7.46. The smallest absolute Gasteiger partial charge is 0.260 e. The molecule has 0 bridgehead atoms. The first-order valence-electron chi connectivity index (χ1n) is 7.48. The van der Waals surface area contributed by atoms with Crippen molar-refractivity contribution in [3.05, 3.63) is 47.4 Å². The SMILES string of the molecule is Nc1nccnc1[C@H]1CN(C(=O)COc2ccccc2Cl)CCO1. The number of anilines is 1. The number of aromatic nitrogens is 2. The molecule has 2 heterocycles. The summed E-state index contributed by atoms with van der Waals surface area (Å²) in [4.78, 5) is 22.2. The van der Waals surface area contributed by atoms with Crippen molar-refractivity contribution < 1.29 is 14.3 Å². The molecule has 1 amide bonds. The lowest BCUT2D eigenvalue weighted by molar-refractivity contribution is -0.141. The molecule has 8 heteroatoms. The Bertz CT molecular complexity index is 728. The zero-order valence-electron chi connectivity index (χ0n) is 12.9. The van der Waals surface area contributed by atoms with Crippen molar-refractivity contribution in [2.24, 2.45) is 0 Å². The van der Waals surface area contributed by atoms with Gasteiger partial charge in [-0.1, -0.05) is 23.7 Å². The summed E-state index contributed by atoms with van der Waals surface area (Å²) in [5, 5.41) is 0.470. The van der Waals surface area contributed by atoms with E-state index in [1.165, 1.54) is 6.20 Å². The number of amides is 1. The molecule has 2 aromatic rings. The van der Waals surface area contributed by atoms with Crippen LogP contribution in [0, 0.1) is 0 Å². The first-order valence-corrected chi connectivity index (χ1v) is 7.86. The van der Waals surface area contributed by atoms with Crippen LogP contribution in [0.5, 0.6) is 5.75 Å². The van der Waals surface area contributed by atoms with E-state index in [4.69, 9.17) is 26.8 Å². The average Bonchev–Trinajstić information content (AvgIpc) is 2.61. The lowest BCUT2D eigenvalue weighted by Gasteiger charge is -2.32. The average molecular weight is 349 g/mol. The second-order valence-corrected chi connectivity index (χ2v) is 5.65. The molecular weight excluding hydrogens is 332 g/mol. The zero-order valence-corrected chi connectivity index (χ0v) is 13.6. The molecule has 0 aliphatic carbocycles. The minimum atomic E-state index is -0.392. The fraction of sp³-hybridized carbons (Fsp3) is 0.312. The number of ether oxygens (including phenoxy) is 2. The van der Waals surface area contributed by atoms with Gasteiger partial charge in [0.1, 0.15) is 23.4 Å². The Hall–Kier alpha value is -2.38. The van der Waals surface area contributed by atoms with E-state index in [0.29, 0.717) is 42.0 Å². The molecule has 1 atom stereocenters. The van der Waals surface area contributed by atoms with Crippen molar-refractivity contribution in [1.29, 1.82) is 0 Å². The maximum Gasteiger partial charge on any atom is 0.260 e. The van der Waals surface area contributed by atoms with Gasteiger partial charge in [-0.05, 0) is 12.1 Å². The van der Waals surface area contributed by atoms with E-state index in [1.54, 1.807) is 35.4 Å². The third kappa shape index (κ3) is 3.74. The number of para-hydroxylation sites is 1. The normalized spacial score (nSPS) is 17.5. The molecule has 1 saturated heterocycles. The minimum absolute atomic E-state index is 0.0909. The highest BCUT2D eigenvalue weighted by Gasteiger charge is 2.28. The highest BCUT2D eigenvalue weighted by atomic mass is 35.5. The molecule has 1 aliphatic rings. The van der Waals surface area contributed by atoms with E-state index in [1.807, 2.05) is 0 Å². The van der Waals surface area contributed by atoms with Gasteiger partial charge < -0.3 is 20.1 Å². The fourth-order valence-electron chi connectivity index (χ4n) is 2.44. The number of carbonyl (C=O) groups is 1. The van der Waals surface area contributed by atoms with Crippen LogP contribution in [-0.2, 0) is 9.53 Å². The standard InChI is InChI=1S/C16H17ClN4O3/c17-11-3-1-2-4-12(11)24-10-14(22)21-7-8-23-13(9-21)15-16(18)20-6-5-19-15/h1-6,13H,7-10H2,(H2,18,20)/t13-/m1/s1. The van der Waals surface area contributed by atoms with Crippen molar-refractivity contribution in [3.63, 3.8) is 0 Å². The van der Waals surface area contributed by atoms with Crippen molar-refractivity contribution in [2.75, 3.05) is 32.0 Å². The van der Waals surface area contributed by atoms with E-state index >= 15 is 0 Å². The van der Waals surface area contributed by atoms with Gasteiger partial charge in [0, 0.05) is 18.9 Å². The predicted octanol–water partition coefficient (Wildman–Crippen LogP) is 1.69. The van der Waals surface area contributed by atoms with Crippen LogP contribution in [0.4, 0.5) is 5.82 Å². The highest BCUT2D eigenvalue weighted by molar-refractivity contribution is 6.32. The van der Waals surface area contributed by atoms with Gasteiger partial charge in [0.25, 0.3) is 5.91 Å². The van der Waals surface area contributed by atoms with Gasteiger partial charge in [-0.15, -0.1) is 0 Å². The van der Waals surface area contributed by atoms with E-state index in [9.17, 15) is 4.79 Å². The largest absolute Gasteiger partial charge is 0.482 e. The van der Waals surface area contributed by atoms with Crippen LogP contribution in [0.25, 0.3) is 0 Å². The first kappa shape index (κ1) is 16.5. The molecule has 3 rings (SSSR count). The molecule has 1 aromatic heterocycles. The van der Waals surface area contributed by atoms with Crippen LogP contribution in [0.2, 0.25) is 5.02 Å². The summed E-state index contributed by atoms with van der Waals surface area (Å²) < 4.78 is 11.2. The molecule has 7 nitrogen and oxygen atoms in total. The summed E-state index contributed by atoms with van der Waals surface area (Å²) >= 11 is 6.02. The summed E-state index contributed by atoms with van der Waals surface area (Å²) in [7, 11) is 0. The number of hydrogen-bond donors (Lipinski definition) is 1. The fourth-order valence-corrected chi connectivity index (χ4v) is 2.63. The molecular formula is C16H17ClN4O3. The minimum Gasteiger partial charge on any atom is -0.482 e.